The third-order valence-corrected chi connectivity index (χ3v) is 8.98. The van der Waals surface area contributed by atoms with Gasteiger partial charge >= 0.3 is 0 Å². The number of aromatic nitrogens is 2. The summed E-state index contributed by atoms with van der Waals surface area (Å²) >= 11 is 0. The summed E-state index contributed by atoms with van der Waals surface area (Å²) in [6.45, 7) is 9.63. The number of pyridine rings is 1. The van der Waals surface area contributed by atoms with Crippen LogP contribution in [-0.2, 0) is 10.8 Å². The first kappa shape index (κ1) is 21.0. The SMILES string of the molecule is CC1(C)c2ccccc2-c2c1c1c(c3c4ccccc4n(-c4ccccn4)c23)C(C)(C)c2ccccc2-1. The maximum atomic E-state index is 4.87. The highest BCUT2D eigenvalue weighted by atomic mass is 15.1. The quantitative estimate of drug-likeness (QED) is 0.232. The van der Waals surface area contributed by atoms with Crippen LogP contribution in [0, 0.1) is 0 Å². The van der Waals surface area contributed by atoms with Crippen molar-refractivity contribution in [3.05, 3.63) is 119 Å². The lowest BCUT2D eigenvalue weighted by Gasteiger charge is -2.27. The third kappa shape index (κ3) is 2.39. The molecule has 2 aromatic heterocycles. The van der Waals surface area contributed by atoms with Crippen LogP contribution < -0.4 is 0 Å². The Kier molecular flexibility index (Phi) is 3.84. The predicted octanol–water partition coefficient (Wildman–Crippen LogP) is 8.79. The van der Waals surface area contributed by atoms with Gasteiger partial charge < -0.3 is 0 Å². The summed E-state index contributed by atoms with van der Waals surface area (Å²) in [7, 11) is 0. The Morgan fingerprint density at radius 2 is 1.19 bits per heavy atom. The zero-order valence-electron chi connectivity index (χ0n) is 21.6. The third-order valence-electron chi connectivity index (χ3n) is 8.98. The second kappa shape index (κ2) is 6.77. The molecular weight excluding hydrogens is 448 g/mol. The molecule has 0 aliphatic heterocycles. The molecule has 6 aromatic rings. The minimum Gasteiger partial charge on any atom is -0.293 e. The molecule has 2 nitrogen and oxygen atoms in total. The first-order chi connectivity index (χ1) is 17.9. The largest absolute Gasteiger partial charge is 0.293 e. The summed E-state index contributed by atoms with van der Waals surface area (Å²) in [5.41, 5.74) is 13.5. The van der Waals surface area contributed by atoms with Gasteiger partial charge in [-0.05, 0) is 57.1 Å². The second-order valence-electron chi connectivity index (χ2n) is 11.6. The normalized spacial score (nSPS) is 16.0. The van der Waals surface area contributed by atoms with Crippen LogP contribution in [0.5, 0.6) is 0 Å². The molecule has 0 radical (unpaired) electrons. The number of nitrogens with zero attached hydrogens (tertiary/aromatic N) is 2. The maximum Gasteiger partial charge on any atom is 0.137 e. The zero-order chi connectivity index (χ0) is 25.1. The van der Waals surface area contributed by atoms with Crippen molar-refractivity contribution >= 4 is 21.8 Å². The molecule has 0 fully saturated rings. The van der Waals surface area contributed by atoms with Crippen molar-refractivity contribution < 1.29 is 0 Å². The summed E-state index contributed by atoms with van der Waals surface area (Å²) in [6.07, 6.45) is 1.90. The van der Waals surface area contributed by atoms with Gasteiger partial charge in [0.1, 0.15) is 5.82 Å². The number of rotatable bonds is 1. The van der Waals surface area contributed by atoms with Gasteiger partial charge in [0.25, 0.3) is 0 Å². The van der Waals surface area contributed by atoms with Crippen LogP contribution in [-0.4, -0.2) is 9.55 Å². The summed E-state index contributed by atoms with van der Waals surface area (Å²) < 4.78 is 2.42. The topological polar surface area (TPSA) is 17.8 Å². The van der Waals surface area contributed by atoms with Crippen LogP contribution >= 0.6 is 0 Å². The first-order valence-electron chi connectivity index (χ1n) is 13.2. The van der Waals surface area contributed by atoms with E-state index in [4.69, 9.17) is 4.98 Å². The number of para-hydroxylation sites is 1. The molecule has 0 spiro atoms. The van der Waals surface area contributed by atoms with Crippen molar-refractivity contribution in [1.29, 1.82) is 0 Å². The second-order valence-corrected chi connectivity index (χ2v) is 11.6. The van der Waals surface area contributed by atoms with Crippen molar-refractivity contribution in [2.75, 3.05) is 0 Å². The number of hydrogen-bond donors (Lipinski definition) is 0. The number of benzene rings is 4. The zero-order valence-corrected chi connectivity index (χ0v) is 21.6. The fraction of sp³-hybridized carbons (Fsp3) is 0.171. The molecule has 2 aliphatic carbocycles. The van der Waals surface area contributed by atoms with Gasteiger partial charge in [0.05, 0.1) is 11.0 Å². The van der Waals surface area contributed by atoms with E-state index in [-0.39, 0.29) is 10.8 Å². The van der Waals surface area contributed by atoms with E-state index in [2.05, 4.69) is 117 Å². The lowest BCUT2D eigenvalue weighted by atomic mass is 9.75. The van der Waals surface area contributed by atoms with Gasteiger partial charge in [0.2, 0.25) is 0 Å². The van der Waals surface area contributed by atoms with E-state index >= 15 is 0 Å². The maximum absolute atomic E-state index is 4.87. The summed E-state index contributed by atoms with van der Waals surface area (Å²) in [5.74, 6) is 0.964. The molecule has 0 amide bonds. The van der Waals surface area contributed by atoms with Gasteiger partial charge in [0, 0.05) is 33.4 Å². The van der Waals surface area contributed by atoms with Gasteiger partial charge in [-0.25, -0.2) is 4.98 Å². The predicted molar refractivity (Wildman–Crippen MR) is 154 cm³/mol. The smallest absolute Gasteiger partial charge is 0.137 e. The van der Waals surface area contributed by atoms with E-state index in [0.29, 0.717) is 0 Å². The summed E-state index contributed by atoms with van der Waals surface area (Å²) in [5, 5.41) is 2.66. The highest BCUT2D eigenvalue weighted by molar-refractivity contribution is 6.21. The van der Waals surface area contributed by atoms with Gasteiger partial charge in [-0.1, -0.05) is 100 Å². The molecule has 37 heavy (non-hydrogen) atoms. The Labute approximate surface area is 217 Å². The average Bonchev–Trinajstić information content (AvgIpc) is 3.47. The van der Waals surface area contributed by atoms with Gasteiger partial charge in [0.15, 0.2) is 0 Å². The molecule has 4 aromatic carbocycles. The highest BCUT2D eigenvalue weighted by Crippen LogP contribution is 2.63. The molecule has 0 saturated heterocycles. The Morgan fingerprint density at radius 1 is 0.595 bits per heavy atom. The van der Waals surface area contributed by atoms with Crippen LogP contribution in [0.25, 0.3) is 49.9 Å². The highest BCUT2D eigenvalue weighted by Gasteiger charge is 2.47. The fourth-order valence-electron chi connectivity index (χ4n) is 7.49. The van der Waals surface area contributed by atoms with Gasteiger partial charge in [-0.15, -0.1) is 0 Å². The lowest BCUT2D eigenvalue weighted by molar-refractivity contribution is 0.651. The molecular formula is C35H28N2. The molecule has 2 heteroatoms. The van der Waals surface area contributed by atoms with E-state index < -0.39 is 0 Å². The molecule has 178 valence electrons. The minimum atomic E-state index is -0.122. The monoisotopic (exact) mass is 476 g/mol. The molecule has 0 bridgehead atoms. The molecule has 2 aliphatic rings. The van der Waals surface area contributed by atoms with Gasteiger partial charge in [-0.2, -0.15) is 0 Å². The summed E-state index contributed by atoms with van der Waals surface area (Å²) in [6, 6.07) is 33.2. The van der Waals surface area contributed by atoms with Crippen molar-refractivity contribution in [3.63, 3.8) is 0 Å². The van der Waals surface area contributed by atoms with E-state index in [9.17, 15) is 0 Å². The van der Waals surface area contributed by atoms with Crippen LogP contribution in [0.4, 0.5) is 0 Å². The van der Waals surface area contributed by atoms with Crippen molar-refractivity contribution in [2.45, 2.75) is 38.5 Å². The van der Waals surface area contributed by atoms with Crippen LogP contribution in [0.1, 0.15) is 49.9 Å². The summed E-state index contributed by atoms with van der Waals surface area (Å²) in [4.78, 5) is 4.87. The molecule has 2 heterocycles. The molecule has 0 atom stereocenters. The van der Waals surface area contributed by atoms with E-state index in [1.807, 2.05) is 12.3 Å². The fourth-order valence-corrected chi connectivity index (χ4v) is 7.49. The Hall–Kier alpha value is -4.17. The van der Waals surface area contributed by atoms with Crippen LogP contribution in [0.3, 0.4) is 0 Å². The van der Waals surface area contributed by atoms with Crippen LogP contribution in [0.2, 0.25) is 0 Å². The first-order valence-corrected chi connectivity index (χ1v) is 13.2. The van der Waals surface area contributed by atoms with E-state index in [0.717, 1.165) is 5.82 Å². The van der Waals surface area contributed by atoms with Gasteiger partial charge in [-0.3, -0.25) is 4.57 Å². The minimum absolute atomic E-state index is 0.122. The Bertz CT molecular complexity index is 1920. The molecule has 0 N–H and O–H groups in total. The standard InChI is InChI=1S/C35H28N2/c1-34(2)24-16-8-5-13-21(24)28-31-29(22-14-6-9-17-25(22)35(31,3)4)33-30(32(28)34)23-15-7-10-18-26(23)37(33)27-19-11-12-20-36-27/h5-20H,1-4H3. The Morgan fingerprint density at radius 3 is 1.89 bits per heavy atom. The average molecular weight is 477 g/mol. The Balaban J connectivity index is 1.73. The number of fused-ring (bicyclic) bond motifs is 12. The van der Waals surface area contributed by atoms with Crippen molar-refractivity contribution in [2.24, 2.45) is 0 Å². The molecule has 8 rings (SSSR count). The van der Waals surface area contributed by atoms with Crippen LogP contribution in [0.15, 0.2) is 97.2 Å². The lowest BCUT2D eigenvalue weighted by Crippen LogP contribution is -2.19. The molecule has 0 unspecified atom stereocenters. The number of hydrogen-bond acceptors (Lipinski definition) is 1. The molecule has 0 saturated carbocycles. The van der Waals surface area contributed by atoms with Crippen molar-refractivity contribution in [1.82, 2.24) is 9.55 Å². The van der Waals surface area contributed by atoms with E-state index in [1.54, 1.807) is 0 Å². The van der Waals surface area contributed by atoms with E-state index in [1.165, 1.54) is 66.3 Å². The van der Waals surface area contributed by atoms with Crippen molar-refractivity contribution in [3.8, 4) is 28.1 Å².